The number of benzene rings is 2. The largest absolute Gasteiger partial charge is 0.366 e. The molecule has 0 spiro atoms. The molecule has 4 nitrogen and oxygen atoms in total. The third-order valence-corrected chi connectivity index (χ3v) is 4.49. The molecule has 0 unspecified atom stereocenters. The molecule has 2 aromatic rings. The molecule has 5 heteroatoms. The second-order valence-electron chi connectivity index (χ2n) is 5.71. The van der Waals surface area contributed by atoms with Gasteiger partial charge >= 0.3 is 0 Å². The Morgan fingerprint density at radius 1 is 1.12 bits per heavy atom. The fourth-order valence-electron chi connectivity index (χ4n) is 2.78. The lowest BCUT2D eigenvalue weighted by atomic mass is 9.99. The van der Waals surface area contributed by atoms with Crippen molar-refractivity contribution in [1.82, 2.24) is 4.90 Å². The van der Waals surface area contributed by atoms with E-state index in [9.17, 15) is 9.59 Å². The van der Waals surface area contributed by atoms with Gasteiger partial charge in [-0.2, -0.15) is 0 Å². The van der Waals surface area contributed by atoms with E-state index in [1.165, 1.54) is 0 Å². The van der Waals surface area contributed by atoms with Gasteiger partial charge in [0.15, 0.2) is 0 Å². The number of fused-ring (bicyclic) bond motifs is 1. The summed E-state index contributed by atoms with van der Waals surface area (Å²) in [6, 6.07) is 12.6. The van der Waals surface area contributed by atoms with Gasteiger partial charge in [-0.3, -0.25) is 9.59 Å². The molecule has 0 atom stereocenters. The molecule has 0 radical (unpaired) electrons. The van der Waals surface area contributed by atoms with Crippen molar-refractivity contribution in [2.45, 2.75) is 13.0 Å². The Morgan fingerprint density at radius 2 is 1.88 bits per heavy atom. The van der Waals surface area contributed by atoms with E-state index in [-0.39, 0.29) is 5.91 Å². The SMILES string of the molecule is NC(=O)c1ccc(/C=C/C(=O)N2CCc3c(Cl)cccc3C2)cc1. The van der Waals surface area contributed by atoms with E-state index in [0.717, 1.165) is 28.1 Å². The summed E-state index contributed by atoms with van der Waals surface area (Å²) in [6.07, 6.45) is 4.05. The molecule has 0 aliphatic carbocycles. The van der Waals surface area contributed by atoms with E-state index in [4.69, 9.17) is 17.3 Å². The molecule has 1 aliphatic heterocycles. The minimum atomic E-state index is -0.466. The summed E-state index contributed by atoms with van der Waals surface area (Å²) in [5.41, 5.74) is 8.73. The minimum Gasteiger partial charge on any atom is -0.366 e. The summed E-state index contributed by atoms with van der Waals surface area (Å²) in [7, 11) is 0. The van der Waals surface area contributed by atoms with Crippen LogP contribution in [0.15, 0.2) is 48.5 Å². The predicted molar refractivity (Wildman–Crippen MR) is 94.6 cm³/mol. The van der Waals surface area contributed by atoms with Gasteiger partial charge in [0.25, 0.3) is 0 Å². The average Bonchev–Trinajstić information content (AvgIpc) is 2.60. The van der Waals surface area contributed by atoms with Crippen molar-refractivity contribution in [2.75, 3.05) is 6.54 Å². The monoisotopic (exact) mass is 340 g/mol. The van der Waals surface area contributed by atoms with Gasteiger partial charge in [0.2, 0.25) is 11.8 Å². The van der Waals surface area contributed by atoms with E-state index in [0.29, 0.717) is 18.7 Å². The minimum absolute atomic E-state index is 0.0420. The van der Waals surface area contributed by atoms with E-state index in [2.05, 4.69) is 0 Å². The topological polar surface area (TPSA) is 63.4 Å². The smallest absolute Gasteiger partial charge is 0.248 e. The lowest BCUT2D eigenvalue weighted by Crippen LogP contribution is -2.34. The third-order valence-electron chi connectivity index (χ3n) is 4.13. The lowest BCUT2D eigenvalue weighted by Gasteiger charge is -2.28. The van der Waals surface area contributed by atoms with E-state index in [1.807, 2.05) is 18.2 Å². The van der Waals surface area contributed by atoms with Gasteiger partial charge in [-0.25, -0.2) is 0 Å². The summed E-state index contributed by atoms with van der Waals surface area (Å²) in [6.45, 7) is 1.22. The van der Waals surface area contributed by atoms with Crippen LogP contribution in [-0.4, -0.2) is 23.3 Å². The van der Waals surface area contributed by atoms with Crippen LogP contribution in [0.3, 0.4) is 0 Å². The van der Waals surface area contributed by atoms with Crippen LogP contribution in [0, 0.1) is 0 Å². The Labute approximate surface area is 145 Å². The zero-order chi connectivity index (χ0) is 17.1. The molecule has 3 rings (SSSR count). The molecule has 1 heterocycles. The number of rotatable bonds is 3. The van der Waals surface area contributed by atoms with Gasteiger partial charge in [-0.1, -0.05) is 35.9 Å². The number of amides is 2. The second kappa shape index (κ2) is 6.89. The number of halogens is 1. The molecule has 0 saturated heterocycles. The highest BCUT2D eigenvalue weighted by Crippen LogP contribution is 2.26. The van der Waals surface area contributed by atoms with Gasteiger partial charge in [0, 0.05) is 29.8 Å². The summed E-state index contributed by atoms with van der Waals surface area (Å²) in [5, 5.41) is 0.768. The van der Waals surface area contributed by atoms with Crippen LogP contribution in [0.5, 0.6) is 0 Å². The quantitative estimate of drug-likeness (QED) is 0.873. The van der Waals surface area contributed by atoms with Gasteiger partial charge in [0.1, 0.15) is 0 Å². The van der Waals surface area contributed by atoms with E-state index < -0.39 is 5.91 Å². The fourth-order valence-corrected chi connectivity index (χ4v) is 3.07. The summed E-state index contributed by atoms with van der Waals surface area (Å²) < 4.78 is 0. The number of primary amides is 1. The first-order valence-corrected chi connectivity index (χ1v) is 8.05. The summed E-state index contributed by atoms with van der Waals surface area (Å²) in [5.74, 6) is -0.508. The first-order valence-electron chi connectivity index (χ1n) is 7.68. The predicted octanol–water partition coefficient (Wildman–Crippen LogP) is 3.04. The number of carbonyl (C=O) groups excluding carboxylic acids is 2. The molecule has 1 aliphatic rings. The lowest BCUT2D eigenvalue weighted by molar-refractivity contribution is -0.126. The second-order valence-corrected chi connectivity index (χ2v) is 6.11. The highest BCUT2D eigenvalue weighted by molar-refractivity contribution is 6.31. The van der Waals surface area contributed by atoms with Crippen molar-refractivity contribution < 1.29 is 9.59 Å². The standard InChI is InChI=1S/C19H17ClN2O2/c20-17-3-1-2-15-12-22(11-10-16(15)17)18(23)9-6-13-4-7-14(8-5-13)19(21)24/h1-9H,10-12H2,(H2,21,24)/b9-6+. The van der Waals surface area contributed by atoms with Crippen molar-refractivity contribution in [1.29, 1.82) is 0 Å². The zero-order valence-electron chi connectivity index (χ0n) is 13.0. The first-order chi connectivity index (χ1) is 11.5. The Bertz CT molecular complexity index is 813. The first kappa shape index (κ1) is 16.3. The number of hydrogen-bond acceptors (Lipinski definition) is 2. The van der Waals surface area contributed by atoms with Crippen LogP contribution in [-0.2, 0) is 17.8 Å². The molecular weight excluding hydrogens is 324 g/mol. The van der Waals surface area contributed by atoms with Crippen LogP contribution in [0.2, 0.25) is 5.02 Å². The van der Waals surface area contributed by atoms with E-state index >= 15 is 0 Å². The van der Waals surface area contributed by atoms with Crippen LogP contribution in [0.1, 0.15) is 27.0 Å². The molecule has 0 bridgehead atoms. The van der Waals surface area contributed by atoms with Gasteiger partial charge in [0.05, 0.1) is 0 Å². The van der Waals surface area contributed by atoms with Crippen molar-refractivity contribution >= 4 is 29.5 Å². The van der Waals surface area contributed by atoms with Crippen LogP contribution in [0.4, 0.5) is 0 Å². The van der Waals surface area contributed by atoms with Gasteiger partial charge < -0.3 is 10.6 Å². The van der Waals surface area contributed by atoms with Crippen molar-refractivity contribution in [3.8, 4) is 0 Å². The number of nitrogens with zero attached hydrogens (tertiary/aromatic N) is 1. The van der Waals surface area contributed by atoms with Crippen molar-refractivity contribution in [2.24, 2.45) is 5.73 Å². The Hall–Kier alpha value is -2.59. The highest BCUT2D eigenvalue weighted by atomic mass is 35.5. The third kappa shape index (κ3) is 3.49. The van der Waals surface area contributed by atoms with Crippen LogP contribution < -0.4 is 5.73 Å². The maximum atomic E-state index is 12.4. The molecular formula is C19H17ClN2O2. The molecule has 2 aromatic carbocycles. The highest BCUT2D eigenvalue weighted by Gasteiger charge is 2.20. The van der Waals surface area contributed by atoms with Crippen molar-refractivity contribution in [3.63, 3.8) is 0 Å². The number of nitrogens with two attached hydrogens (primary N) is 1. The summed E-state index contributed by atoms with van der Waals surface area (Å²) >= 11 is 6.20. The molecule has 0 aromatic heterocycles. The van der Waals surface area contributed by atoms with E-state index in [1.54, 1.807) is 41.3 Å². The Morgan fingerprint density at radius 3 is 2.58 bits per heavy atom. The van der Waals surface area contributed by atoms with Crippen molar-refractivity contribution in [3.05, 3.63) is 75.8 Å². The molecule has 2 amide bonds. The maximum Gasteiger partial charge on any atom is 0.248 e. The van der Waals surface area contributed by atoms with Crippen LogP contribution >= 0.6 is 11.6 Å². The van der Waals surface area contributed by atoms with Gasteiger partial charge in [-0.05, 0) is 47.4 Å². The summed E-state index contributed by atoms with van der Waals surface area (Å²) in [4.78, 5) is 25.2. The maximum absolute atomic E-state index is 12.4. The Balaban J connectivity index is 1.68. The molecule has 122 valence electrons. The zero-order valence-corrected chi connectivity index (χ0v) is 13.8. The molecule has 24 heavy (non-hydrogen) atoms. The number of hydrogen-bond donors (Lipinski definition) is 1. The average molecular weight is 341 g/mol. The van der Waals surface area contributed by atoms with Gasteiger partial charge in [-0.15, -0.1) is 0 Å². The fraction of sp³-hybridized carbons (Fsp3) is 0.158. The normalized spacial score (nSPS) is 13.8. The van der Waals surface area contributed by atoms with Crippen LogP contribution in [0.25, 0.3) is 6.08 Å². The molecule has 0 fully saturated rings. The number of carbonyl (C=O) groups is 2. The molecule has 0 saturated carbocycles. The Kier molecular flexibility index (Phi) is 4.67. The molecule has 2 N–H and O–H groups in total.